The van der Waals surface area contributed by atoms with Gasteiger partial charge in [-0.25, -0.2) is 14.8 Å². The second kappa shape index (κ2) is 11.9. The average Bonchev–Trinajstić information content (AvgIpc) is 3.41. The van der Waals surface area contributed by atoms with Crippen LogP contribution in [0.2, 0.25) is 0 Å². The lowest BCUT2D eigenvalue weighted by Crippen LogP contribution is -2.52. The largest absolute Gasteiger partial charge is 0.444 e. The second-order valence-electron chi connectivity index (χ2n) is 13.1. The lowest BCUT2D eigenvalue weighted by molar-refractivity contribution is 0.0134. The monoisotopic (exact) mass is 572 g/mol. The number of rotatable bonds is 8. The lowest BCUT2D eigenvalue weighted by Gasteiger charge is -2.40. The first-order valence-corrected chi connectivity index (χ1v) is 15.5. The zero-order valence-corrected chi connectivity index (χ0v) is 25.4. The third-order valence-corrected chi connectivity index (χ3v) is 8.54. The number of carbonyl (C=O) groups excluding carboxylic acids is 1. The van der Waals surface area contributed by atoms with Crippen molar-refractivity contribution in [2.75, 3.05) is 42.5 Å². The SMILES string of the molecule is CC(c1ccc(N2CCC[C@@H](N(CC3CC3)C(=O)OC(C)(C)C)C2)cn1)n1cnc(-c2cncc(N3CCCC3)n2)c1. The Morgan fingerprint density at radius 1 is 1.00 bits per heavy atom. The molecule has 1 saturated carbocycles. The van der Waals surface area contributed by atoms with E-state index in [1.165, 1.54) is 25.7 Å². The van der Waals surface area contributed by atoms with Gasteiger partial charge in [-0.1, -0.05) is 0 Å². The van der Waals surface area contributed by atoms with Gasteiger partial charge in [0.05, 0.1) is 48.4 Å². The molecule has 1 aliphatic carbocycles. The number of amides is 1. The number of hydrogen-bond acceptors (Lipinski definition) is 8. The minimum absolute atomic E-state index is 0.0188. The molecule has 0 aromatic carbocycles. The van der Waals surface area contributed by atoms with E-state index in [9.17, 15) is 4.79 Å². The molecule has 2 atom stereocenters. The van der Waals surface area contributed by atoms with Gasteiger partial charge in [-0.2, -0.15) is 0 Å². The predicted octanol–water partition coefficient (Wildman–Crippen LogP) is 5.56. The summed E-state index contributed by atoms with van der Waals surface area (Å²) in [5.74, 6) is 1.53. The fourth-order valence-electron chi connectivity index (χ4n) is 5.96. The van der Waals surface area contributed by atoms with Crippen molar-refractivity contribution in [2.45, 2.75) is 83.9 Å². The topological polar surface area (TPSA) is 92.5 Å². The van der Waals surface area contributed by atoms with E-state index in [0.717, 1.165) is 74.2 Å². The first-order valence-electron chi connectivity index (χ1n) is 15.5. The van der Waals surface area contributed by atoms with Gasteiger partial charge in [-0.05, 0) is 84.3 Å². The van der Waals surface area contributed by atoms with Gasteiger partial charge in [0.15, 0.2) is 0 Å². The molecule has 10 heteroatoms. The van der Waals surface area contributed by atoms with E-state index in [1.54, 1.807) is 6.20 Å². The van der Waals surface area contributed by atoms with Gasteiger partial charge in [0.1, 0.15) is 22.8 Å². The van der Waals surface area contributed by atoms with Gasteiger partial charge in [0.2, 0.25) is 0 Å². The molecule has 0 bridgehead atoms. The highest BCUT2D eigenvalue weighted by Gasteiger charge is 2.36. The van der Waals surface area contributed by atoms with E-state index in [4.69, 9.17) is 14.7 Å². The summed E-state index contributed by atoms with van der Waals surface area (Å²) >= 11 is 0. The maximum absolute atomic E-state index is 13.1. The van der Waals surface area contributed by atoms with Crippen LogP contribution in [0.15, 0.2) is 43.2 Å². The number of carbonyl (C=O) groups is 1. The van der Waals surface area contributed by atoms with Crippen molar-refractivity contribution in [3.8, 4) is 11.4 Å². The molecule has 1 unspecified atom stereocenters. The number of anilines is 2. The highest BCUT2D eigenvalue weighted by molar-refractivity contribution is 5.69. The van der Waals surface area contributed by atoms with Crippen LogP contribution in [0.4, 0.5) is 16.3 Å². The molecule has 3 aliphatic rings. The van der Waals surface area contributed by atoms with Crippen LogP contribution in [0.5, 0.6) is 0 Å². The highest BCUT2D eigenvalue weighted by atomic mass is 16.6. The number of piperidine rings is 1. The molecule has 0 spiro atoms. The van der Waals surface area contributed by atoms with Crippen molar-refractivity contribution in [1.29, 1.82) is 0 Å². The summed E-state index contributed by atoms with van der Waals surface area (Å²) in [6.07, 6.45) is 16.1. The van der Waals surface area contributed by atoms with Gasteiger partial charge < -0.3 is 24.0 Å². The van der Waals surface area contributed by atoms with Crippen LogP contribution < -0.4 is 9.80 Å². The molecule has 2 aliphatic heterocycles. The van der Waals surface area contributed by atoms with Crippen molar-refractivity contribution in [1.82, 2.24) is 29.4 Å². The Balaban J connectivity index is 1.12. The van der Waals surface area contributed by atoms with Crippen LogP contribution in [0.1, 0.15) is 78.0 Å². The average molecular weight is 573 g/mol. The van der Waals surface area contributed by atoms with Gasteiger partial charge in [0.25, 0.3) is 0 Å². The minimum Gasteiger partial charge on any atom is -0.444 e. The van der Waals surface area contributed by atoms with Crippen molar-refractivity contribution in [3.05, 3.63) is 48.9 Å². The number of hydrogen-bond donors (Lipinski definition) is 0. The smallest absolute Gasteiger partial charge is 0.410 e. The molecule has 6 rings (SSSR count). The van der Waals surface area contributed by atoms with Gasteiger partial charge in [-0.15, -0.1) is 0 Å². The number of nitrogens with zero attached hydrogens (tertiary/aromatic N) is 8. The van der Waals surface area contributed by atoms with Gasteiger partial charge >= 0.3 is 6.09 Å². The molecule has 1 amide bonds. The summed E-state index contributed by atoms with van der Waals surface area (Å²) < 4.78 is 7.88. The van der Waals surface area contributed by atoms with Crippen LogP contribution in [-0.4, -0.2) is 79.9 Å². The van der Waals surface area contributed by atoms with Crippen LogP contribution >= 0.6 is 0 Å². The number of pyridine rings is 1. The molecule has 0 N–H and O–H groups in total. The van der Waals surface area contributed by atoms with E-state index in [-0.39, 0.29) is 18.2 Å². The van der Waals surface area contributed by atoms with Gasteiger partial charge in [-0.3, -0.25) is 9.97 Å². The molecular weight excluding hydrogens is 528 g/mol. The quantitative estimate of drug-likeness (QED) is 0.346. The first-order chi connectivity index (χ1) is 20.2. The molecular formula is C32H44N8O2. The zero-order chi connectivity index (χ0) is 29.3. The lowest BCUT2D eigenvalue weighted by atomic mass is 10.0. The molecule has 0 radical (unpaired) electrons. The fourth-order valence-corrected chi connectivity index (χ4v) is 5.96. The molecule has 42 heavy (non-hydrogen) atoms. The summed E-state index contributed by atoms with van der Waals surface area (Å²) in [6, 6.07) is 4.42. The molecule has 224 valence electrons. The molecule has 3 fully saturated rings. The molecule has 10 nitrogen and oxygen atoms in total. The maximum atomic E-state index is 13.1. The van der Waals surface area contributed by atoms with Crippen LogP contribution in [0, 0.1) is 5.92 Å². The summed E-state index contributed by atoms with van der Waals surface area (Å²) in [5.41, 5.74) is 3.16. The third kappa shape index (κ3) is 6.68. The van der Waals surface area contributed by atoms with E-state index in [0.29, 0.717) is 5.92 Å². The normalized spacial score (nSPS) is 20.0. The summed E-state index contributed by atoms with van der Waals surface area (Å²) in [5, 5.41) is 0. The second-order valence-corrected chi connectivity index (χ2v) is 13.1. The Labute approximate surface area is 249 Å². The van der Waals surface area contributed by atoms with Crippen molar-refractivity contribution >= 4 is 17.6 Å². The van der Waals surface area contributed by atoms with E-state index < -0.39 is 5.60 Å². The maximum Gasteiger partial charge on any atom is 0.410 e. The Bertz CT molecular complexity index is 1360. The number of imidazole rings is 1. The van der Waals surface area contributed by atoms with Crippen molar-refractivity contribution in [2.24, 2.45) is 5.92 Å². The standard InChI is InChI=1S/C32H44N8O2/c1-23(39-21-29(35-22-39)28-17-33-18-30(36-28)37-13-5-6-14-37)27-12-11-25(16-34-27)38-15-7-8-26(20-38)40(19-24-9-10-24)31(41)42-32(2,3)4/h11-12,16-18,21-24,26H,5-10,13-15,19-20H2,1-4H3/t23?,26-/m1/s1. The predicted molar refractivity (Wildman–Crippen MR) is 164 cm³/mol. The van der Waals surface area contributed by atoms with E-state index >= 15 is 0 Å². The van der Waals surface area contributed by atoms with Crippen LogP contribution in [0.3, 0.4) is 0 Å². The molecule has 2 saturated heterocycles. The summed E-state index contributed by atoms with van der Waals surface area (Å²) in [7, 11) is 0. The first kappa shape index (κ1) is 28.4. The highest BCUT2D eigenvalue weighted by Crippen LogP contribution is 2.33. The fraction of sp³-hybridized carbons (Fsp3) is 0.594. The van der Waals surface area contributed by atoms with Crippen molar-refractivity contribution in [3.63, 3.8) is 0 Å². The van der Waals surface area contributed by atoms with Crippen LogP contribution in [-0.2, 0) is 4.74 Å². The van der Waals surface area contributed by atoms with Gasteiger partial charge in [0, 0.05) is 38.9 Å². The van der Waals surface area contributed by atoms with E-state index in [2.05, 4.69) is 43.4 Å². The Hall–Kier alpha value is -3.69. The van der Waals surface area contributed by atoms with Crippen molar-refractivity contribution < 1.29 is 9.53 Å². The van der Waals surface area contributed by atoms with E-state index in [1.807, 2.05) is 50.6 Å². The Morgan fingerprint density at radius 2 is 1.79 bits per heavy atom. The molecule has 5 heterocycles. The Morgan fingerprint density at radius 3 is 2.50 bits per heavy atom. The summed E-state index contributed by atoms with van der Waals surface area (Å²) in [6.45, 7) is 12.6. The summed E-state index contributed by atoms with van der Waals surface area (Å²) in [4.78, 5) is 38.6. The number of ether oxygens (including phenoxy) is 1. The third-order valence-electron chi connectivity index (χ3n) is 8.54. The molecule has 3 aromatic rings. The zero-order valence-electron chi connectivity index (χ0n) is 25.4. The molecule has 3 aromatic heterocycles. The number of aromatic nitrogens is 5. The minimum atomic E-state index is -0.495. The Kier molecular flexibility index (Phi) is 8.05. The van der Waals surface area contributed by atoms with Crippen LogP contribution in [0.25, 0.3) is 11.4 Å².